The molecule has 0 aliphatic carbocycles. The van der Waals surface area contributed by atoms with Gasteiger partial charge in [0.15, 0.2) is 6.10 Å². The van der Waals surface area contributed by atoms with E-state index in [2.05, 4.69) is 34.6 Å². The smallest absolute Gasteiger partial charge is 0.306 e. The van der Waals surface area contributed by atoms with Crippen molar-refractivity contribution in [3.63, 3.8) is 0 Å². The maximum absolute atomic E-state index is 12.9. The van der Waals surface area contributed by atoms with Crippen LogP contribution in [0.3, 0.4) is 0 Å². The highest BCUT2D eigenvalue weighted by Crippen LogP contribution is 2.19. The van der Waals surface area contributed by atoms with Gasteiger partial charge in [0.25, 0.3) is 0 Å². The molecule has 6 heteroatoms. The Balaban J connectivity index is 4.18. The number of carbonyl (C=O) groups excluding carboxylic acids is 3. The van der Waals surface area contributed by atoms with Crippen LogP contribution in [0.4, 0.5) is 0 Å². The second-order valence-electron chi connectivity index (χ2n) is 21.4. The van der Waals surface area contributed by atoms with E-state index in [4.69, 9.17) is 14.2 Å². The van der Waals surface area contributed by atoms with Crippen molar-refractivity contribution < 1.29 is 28.6 Å². The largest absolute Gasteiger partial charge is 0.462 e. The average Bonchev–Trinajstić information content (AvgIpc) is 3.30. The molecule has 0 rings (SSSR count). The molecule has 0 heterocycles. The third-order valence-electron chi connectivity index (χ3n) is 14.1. The van der Waals surface area contributed by atoms with E-state index in [-0.39, 0.29) is 31.1 Å². The monoisotopic (exact) mass is 933 g/mol. The van der Waals surface area contributed by atoms with E-state index >= 15 is 0 Å². The molecule has 66 heavy (non-hydrogen) atoms. The Bertz CT molecular complexity index is 1010. The van der Waals surface area contributed by atoms with Gasteiger partial charge in [-0.3, -0.25) is 14.4 Å². The van der Waals surface area contributed by atoms with Gasteiger partial charge in [0.05, 0.1) is 0 Å². The summed E-state index contributed by atoms with van der Waals surface area (Å²) in [6.07, 6.45) is 56.7. The number of carbonyl (C=O) groups is 3. The number of ether oxygens (including phenoxy) is 3. The maximum atomic E-state index is 12.9. The summed E-state index contributed by atoms with van der Waals surface area (Å²) in [5.74, 6) is 0.913. The number of hydrogen-bond acceptors (Lipinski definition) is 6. The zero-order valence-electron chi connectivity index (χ0n) is 45.3. The summed E-state index contributed by atoms with van der Waals surface area (Å²) in [5.41, 5.74) is 0. The fourth-order valence-electron chi connectivity index (χ4n) is 9.20. The summed E-state index contributed by atoms with van der Waals surface area (Å²) in [5, 5.41) is 0. The molecule has 6 nitrogen and oxygen atoms in total. The lowest BCUT2D eigenvalue weighted by atomic mass is 9.99. The molecule has 0 aliphatic heterocycles. The van der Waals surface area contributed by atoms with Crippen LogP contribution < -0.4 is 0 Å². The van der Waals surface area contributed by atoms with Crippen LogP contribution in [-0.2, 0) is 28.6 Å². The molecule has 0 bridgehead atoms. The minimum Gasteiger partial charge on any atom is -0.462 e. The molecule has 0 saturated carbocycles. The van der Waals surface area contributed by atoms with Crippen molar-refractivity contribution in [1.82, 2.24) is 0 Å². The molecule has 392 valence electrons. The van der Waals surface area contributed by atoms with Gasteiger partial charge < -0.3 is 14.2 Å². The first-order valence-electron chi connectivity index (χ1n) is 29.8. The summed E-state index contributed by atoms with van der Waals surface area (Å²) in [6, 6.07) is 0. The molecule has 2 atom stereocenters. The van der Waals surface area contributed by atoms with Gasteiger partial charge in [-0.25, -0.2) is 0 Å². The van der Waals surface area contributed by atoms with Crippen molar-refractivity contribution in [3.8, 4) is 0 Å². The standard InChI is InChI=1S/C60H116O6/c1-6-8-9-10-11-28-35-40-45-50-58(61)64-53-57(54-65-59(62)51-46-41-36-31-26-22-19-18-20-24-29-33-38-43-48-55(3)4)66-60(63)52-47-42-37-32-27-23-17-15-13-12-14-16-21-25-30-34-39-44-49-56(5)7-2/h55-57H,6-54H2,1-5H3/t56?,57-/m1/s1. The first-order chi connectivity index (χ1) is 32.3. The van der Waals surface area contributed by atoms with Crippen LogP contribution in [-0.4, -0.2) is 37.2 Å². The molecule has 0 aromatic rings. The molecular formula is C60H116O6. The van der Waals surface area contributed by atoms with Crippen LogP contribution in [0.15, 0.2) is 0 Å². The van der Waals surface area contributed by atoms with Crippen LogP contribution in [0.2, 0.25) is 0 Å². The molecule has 0 aromatic carbocycles. The predicted molar refractivity (Wildman–Crippen MR) is 284 cm³/mol. The molecule has 1 unspecified atom stereocenters. The molecule has 0 spiro atoms. The second kappa shape index (κ2) is 52.8. The Labute approximate surface area is 412 Å². The fraction of sp³-hybridized carbons (Fsp3) is 0.950. The summed E-state index contributed by atoms with van der Waals surface area (Å²) in [6.45, 7) is 11.5. The van der Waals surface area contributed by atoms with Crippen molar-refractivity contribution in [3.05, 3.63) is 0 Å². The average molecular weight is 934 g/mol. The van der Waals surface area contributed by atoms with Gasteiger partial charge in [-0.05, 0) is 31.1 Å². The predicted octanol–water partition coefficient (Wildman–Crippen LogP) is 19.7. The zero-order chi connectivity index (χ0) is 48.2. The number of unbranched alkanes of at least 4 members (excludes halogenated alkanes) is 38. The molecular weight excluding hydrogens is 817 g/mol. The van der Waals surface area contributed by atoms with Crippen LogP contribution in [0.5, 0.6) is 0 Å². The molecule has 0 radical (unpaired) electrons. The van der Waals surface area contributed by atoms with Gasteiger partial charge in [0, 0.05) is 19.3 Å². The molecule has 0 saturated heterocycles. The van der Waals surface area contributed by atoms with Crippen LogP contribution in [0, 0.1) is 11.8 Å². The highest BCUT2D eigenvalue weighted by molar-refractivity contribution is 5.71. The summed E-state index contributed by atoms with van der Waals surface area (Å²) in [7, 11) is 0. The van der Waals surface area contributed by atoms with E-state index in [1.165, 1.54) is 225 Å². The van der Waals surface area contributed by atoms with Crippen LogP contribution in [0.25, 0.3) is 0 Å². The Morgan fingerprint density at radius 1 is 0.318 bits per heavy atom. The Morgan fingerprint density at radius 3 is 0.864 bits per heavy atom. The van der Waals surface area contributed by atoms with E-state index in [0.29, 0.717) is 19.3 Å². The van der Waals surface area contributed by atoms with Crippen molar-refractivity contribution in [2.45, 2.75) is 343 Å². The van der Waals surface area contributed by atoms with E-state index in [1.807, 2.05) is 0 Å². The topological polar surface area (TPSA) is 78.9 Å². The van der Waals surface area contributed by atoms with Gasteiger partial charge in [-0.2, -0.15) is 0 Å². The lowest BCUT2D eigenvalue weighted by Gasteiger charge is -2.18. The minimum absolute atomic E-state index is 0.0626. The summed E-state index contributed by atoms with van der Waals surface area (Å²) < 4.78 is 16.9. The Kier molecular flexibility index (Phi) is 51.5. The zero-order valence-corrected chi connectivity index (χ0v) is 45.3. The quantitative estimate of drug-likeness (QED) is 0.0343. The fourth-order valence-corrected chi connectivity index (χ4v) is 9.20. The van der Waals surface area contributed by atoms with E-state index in [1.54, 1.807) is 0 Å². The van der Waals surface area contributed by atoms with E-state index in [9.17, 15) is 14.4 Å². The normalized spacial score (nSPS) is 12.5. The van der Waals surface area contributed by atoms with Gasteiger partial charge in [0.2, 0.25) is 0 Å². The lowest BCUT2D eigenvalue weighted by Crippen LogP contribution is -2.30. The highest BCUT2D eigenvalue weighted by Gasteiger charge is 2.19. The molecule has 0 amide bonds. The Morgan fingerprint density at radius 2 is 0.576 bits per heavy atom. The van der Waals surface area contributed by atoms with Crippen LogP contribution in [0.1, 0.15) is 336 Å². The molecule has 0 aliphatic rings. The second-order valence-corrected chi connectivity index (χ2v) is 21.4. The third kappa shape index (κ3) is 51.8. The van der Waals surface area contributed by atoms with Crippen molar-refractivity contribution in [1.29, 1.82) is 0 Å². The van der Waals surface area contributed by atoms with Gasteiger partial charge >= 0.3 is 17.9 Å². The molecule has 0 fully saturated rings. The SMILES string of the molecule is CCCCCCCCCCCC(=O)OC[C@H](COC(=O)CCCCCCCCCCCCCCCCC(C)C)OC(=O)CCCCCCCCCCCCCCCCCCCCC(C)CC. The van der Waals surface area contributed by atoms with Gasteiger partial charge in [0.1, 0.15) is 13.2 Å². The van der Waals surface area contributed by atoms with E-state index in [0.717, 1.165) is 69.6 Å². The molecule has 0 aromatic heterocycles. The van der Waals surface area contributed by atoms with E-state index < -0.39 is 6.10 Å². The number of rotatable bonds is 54. The lowest BCUT2D eigenvalue weighted by molar-refractivity contribution is -0.167. The van der Waals surface area contributed by atoms with Gasteiger partial charge in [-0.15, -0.1) is 0 Å². The first kappa shape index (κ1) is 64.4. The summed E-state index contributed by atoms with van der Waals surface area (Å²) in [4.78, 5) is 38.1. The third-order valence-corrected chi connectivity index (χ3v) is 14.1. The maximum Gasteiger partial charge on any atom is 0.306 e. The highest BCUT2D eigenvalue weighted by atomic mass is 16.6. The molecule has 0 N–H and O–H groups in total. The van der Waals surface area contributed by atoms with Crippen LogP contribution >= 0.6 is 0 Å². The first-order valence-corrected chi connectivity index (χ1v) is 29.8. The number of esters is 3. The minimum atomic E-state index is -0.762. The summed E-state index contributed by atoms with van der Waals surface area (Å²) >= 11 is 0. The van der Waals surface area contributed by atoms with Crippen molar-refractivity contribution >= 4 is 17.9 Å². The van der Waals surface area contributed by atoms with Gasteiger partial charge in [-0.1, -0.05) is 298 Å². The number of hydrogen-bond donors (Lipinski definition) is 0. The van der Waals surface area contributed by atoms with Crippen molar-refractivity contribution in [2.24, 2.45) is 11.8 Å². The Hall–Kier alpha value is -1.59. The van der Waals surface area contributed by atoms with Crippen molar-refractivity contribution in [2.75, 3.05) is 13.2 Å².